The van der Waals surface area contributed by atoms with Crippen molar-refractivity contribution in [2.75, 3.05) is 7.11 Å². The predicted octanol–water partition coefficient (Wildman–Crippen LogP) is 4.36. The number of carbonyl (C=O) groups excluding carboxylic acids is 2. The van der Waals surface area contributed by atoms with E-state index in [0.717, 1.165) is 5.56 Å². The van der Waals surface area contributed by atoms with Crippen LogP contribution in [0.4, 0.5) is 11.5 Å². The summed E-state index contributed by atoms with van der Waals surface area (Å²) in [5.41, 5.74) is 4.76. The molecule has 4 rings (SSSR count). The van der Waals surface area contributed by atoms with Gasteiger partial charge in [0.25, 0.3) is 11.6 Å². The lowest BCUT2D eigenvalue weighted by Gasteiger charge is -2.11. The van der Waals surface area contributed by atoms with Gasteiger partial charge >= 0.3 is 11.8 Å². The Balaban J connectivity index is 1.38. The standard InChI is InChI=1S/C28H24N6O8/c1-17-13-26(34(39)40)31-32(17)16-19-7-10-21(11-8-19)27(35)30-29-15-20-9-12-24(25(14-20)41-3)42-28(36)22-5-4-6-23(18(22)2)33(37)38/h4-15H,16H2,1-3H3,(H,30,35)/b29-15-. The molecule has 14 nitrogen and oxygen atoms in total. The largest absolute Gasteiger partial charge is 0.493 e. The maximum Gasteiger partial charge on any atom is 0.390 e. The first-order valence-electron chi connectivity index (χ1n) is 12.3. The van der Waals surface area contributed by atoms with Crippen LogP contribution in [0.1, 0.15) is 43.1 Å². The lowest BCUT2D eigenvalue weighted by molar-refractivity contribution is -0.389. The number of esters is 1. The summed E-state index contributed by atoms with van der Waals surface area (Å²) in [6, 6.07) is 16.7. The molecule has 0 aliphatic rings. The highest BCUT2D eigenvalue weighted by atomic mass is 16.6. The van der Waals surface area contributed by atoms with E-state index in [4.69, 9.17) is 9.47 Å². The molecule has 0 aliphatic carbocycles. The molecule has 0 unspecified atom stereocenters. The van der Waals surface area contributed by atoms with Crippen LogP contribution in [0.2, 0.25) is 0 Å². The predicted molar refractivity (Wildman–Crippen MR) is 150 cm³/mol. The van der Waals surface area contributed by atoms with Gasteiger partial charge in [0.05, 0.1) is 47.2 Å². The molecule has 0 fully saturated rings. The molecule has 0 atom stereocenters. The van der Waals surface area contributed by atoms with Crippen molar-refractivity contribution in [2.45, 2.75) is 20.4 Å². The van der Waals surface area contributed by atoms with E-state index in [1.165, 1.54) is 61.3 Å². The number of aryl methyl sites for hydroxylation is 1. The zero-order valence-corrected chi connectivity index (χ0v) is 22.6. The molecule has 42 heavy (non-hydrogen) atoms. The fourth-order valence-corrected chi connectivity index (χ4v) is 3.95. The Labute approximate surface area is 238 Å². The Kier molecular flexibility index (Phi) is 8.66. The van der Waals surface area contributed by atoms with Gasteiger partial charge in [-0.05, 0) is 66.3 Å². The summed E-state index contributed by atoms with van der Waals surface area (Å²) in [5.74, 6) is -1.18. The molecule has 0 radical (unpaired) electrons. The van der Waals surface area contributed by atoms with Gasteiger partial charge < -0.3 is 19.6 Å². The Morgan fingerprint density at radius 3 is 2.38 bits per heavy atom. The lowest BCUT2D eigenvalue weighted by Crippen LogP contribution is -2.17. The molecule has 1 aromatic heterocycles. The van der Waals surface area contributed by atoms with E-state index in [9.17, 15) is 29.8 Å². The summed E-state index contributed by atoms with van der Waals surface area (Å²) >= 11 is 0. The van der Waals surface area contributed by atoms with Crippen LogP contribution in [0.25, 0.3) is 0 Å². The second-order valence-corrected chi connectivity index (χ2v) is 8.96. The number of nitro benzene ring substituents is 1. The summed E-state index contributed by atoms with van der Waals surface area (Å²) in [6.07, 6.45) is 1.37. The number of aromatic nitrogens is 2. The highest BCUT2D eigenvalue weighted by Gasteiger charge is 2.21. The summed E-state index contributed by atoms with van der Waals surface area (Å²) < 4.78 is 12.2. The van der Waals surface area contributed by atoms with E-state index in [0.29, 0.717) is 23.4 Å². The van der Waals surface area contributed by atoms with E-state index >= 15 is 0 Å². The van der Waals surface area contributed by atoms with Gasteiger partial charge in [-0.1, -0.05) is 18.2 Å². The molecule has 0 saturated heterocycles. The molecular weight excluding hydrogens is 548 g/mol. The van der Waals surface area contributed by atoms with Gasteiger partial charge in [-0.3, -0.25) is 14.9 Å². The van der Waals surface area contributed by atoms with Crippen molar-refractivity contribution in [3.63, 3.8) is 0 Å². The first kappa shape index (κ1) is 29.1. The van der Waals surface area contributed by atoms with Gasteiger partial charge in [0, 0.05) is 17.2 Å². The van der Waals surface area contributed by atoms with Crippen molar-refractivity contribution in [3.8, 4) is 11.5 Å². The Hall–Kier alpha value is -5.92. The normalized spacial score (nSPS) is 10.8. The summed E-state index contributed by atoms with van der Waals surface area (Å²) in [5, 5.41) is 30.0. The monoisotopic (exact) mass is 572 g/mol. The van der Waals surface area contributed by atoms with Crippen LogP contribution >= 0.6 is 0 Å². The van der Waals surface area contributed by atoms with E-state index in [1.807, 2.05) is 0 Å². The molecule has 1 amide bonds. The third-order valence-corrected chi connectivity index (χ3v) is 6.20. The van der Waals surface area contributed by atoms with Gasteiger partial charge in [0.15, 0.2) is 11.5 Å². The smallest absolute Gasteiger partial charge is 0.390 e. The van der Waals surface area contributed by atoms with E-state index in [2.05, 4.69) is 15.6 Å². The SMILES string of the molecule is COc1cc(/C=N\NC(=O)c2ccc(Cn3nc([N+](=O)[O-])cc3C)cc2)ccc1OC(=O)c1cccc([N+](=O)[O-])c1C. The molecule has 0 bridgehead atoms. The first-order valence-corrected chi connectivity index (χ1v) is 12.3. The average molecular weight is 573 g/mol. The van der Waals surface area contributed by atoms with Gasteiger partial charge in [-0.15, -0.1) is 0 Å². The number of benzene rings is 3. The van der Waals surface area contributed by atoms with Crippen LogP contribution in [-0.4, -0.2) is 44.8 Å². The number of hydrogen-bond acceptors (Lipinski definition) is 10. The van der Waals surface area contributed by atoms with E-state index < -0.39 is 21.7 Å². The molecule has 14 heteroatoms. The number of hydrogen-bond donors (Lipinski definition) is 1. The van der Waals surface area contributed by atoms with Gasteiger partial charge in [0.2, 0.25) is 0 Å². The molecule has 1 heterocycles. The zero-order chi connectivity index (χ0) is 30.4. The molecular formula is C28H24N6O8. The van der Waals surface area contributed by atoms with Crippen LogP contribution in [-0.2, 0) is 6.54 Å². The number of methoxy groups -OCH3 is 1. The minimum absolute atomic E-state index is 0.0492. The molecule has 4 aromatic rings. The van der Waals surface area contributed by atoms with Crippen molar-refractivity contribution in [2.24, 2.45) is 5.10 Å². The highest BCUT2D eigenvalue weighted by Crippen LogP contribution is 2.30. The number of nitro groups is 2. The number of carbonyl (C=O) groups is 2. The molecule has 214 valence electrons. The average Bonchev–Trinajstić information content (AvgIpc) is 3.34. The fourth-order valence-electron chi connectivity index (χ4n) is 3.95. The summed E-state index contributed by atoms with van der Waals surface area (Å²) in [7, 11) is 1.38. The molecule has 1 N–H and O–H groups in total. The minimum atomic E-state index is -0.782. The van der Waals surface area contributed by atoms with Crippen LogP contribution in [0.3, 0.4) is 0 Å². The van der Waals surface area contributed by atoms with Crippen molar-refractivity contribution in [3.05, 3.63) is 120 Å². The molecule has 0 aliphatic heterocycles. The number of rotatable bonds is 10. The highest BCUT2D eigenvalue weighted by molar-refractivity contribution is 5.95. The zero-order valence-electron chi connectivity index (χ0n) is 22.6. The van der Waals surface area contributed by atoms with Crippen LogP contribution in [0, 0.1) is 34.1 Å². The maximum atomic E-state index is 12.7. The third kappa shape index (κ3) is 6.62. The molecule has 0 saturated carbocycles. The Morgan fingerprint density at radius 1 is 1.00 bits per heavy atom. The number of amides is 1. The van der Waals surface area contributed by atoms with Crippen molar-refractivity contribution in [1.29, 1.82) is 0 Å². The van der Waals surface area contributed by atoms with Gasteiger partial charge in [0.1, 0.15) is 0 Å². The lowest BCUT2D eigenvalue weighted by atomic mass is 10.1. The molecule has 3 aromatic carbocycles. The maximum absolute atomic E-state index is 12.7. The van der Waals surface area contributed by atoms with E-state index in [1.54, 1.807) is 37.3 Å². The Morgan fingerprint density at radius 2 is 1.74 bits per heavy atom. The van der Waals surface area contributed by atoms with Gasteiger partial charge in [-0.2, -0.15) is 9.78 Å². The second kappa shape index (κ2) is 12.5. The van der Waals surface area contributed by atoms with Crippen molar-refractivity contribution in [1.82, 2.24) is 15.2 Å². The molecule has 0 spiro atoms. The van der Waals surface area contributed by atoms with Crippen LogP contribution in [0.15, 0.2) is 71.8 Å². The summed E-state index contributed by atoms with van der Waals surface area (Å²) in [6.45, 7) is 3.49. The quantitative estimate of drug-likeness (QED) is 0.0949. The topological polar surface area (TPSA) is 181 Å². The fraction of sp³-hybridized carbons (Fsp3) is 0.143. The van der Waals surface area contributed by atoms with Crippen LogP contribution in [0.5, 0.6) is 11.5 Å². The van der Waals surface area contributed by atoms with Crippen molar-refractivity contribution >= 4 is 29.6 Å². The number of nitrogens with zero attached hydrogens (tertiary/aromatic N) is 5. The second-order valence-electron chi connectivity index (χ2n) is 8.96. The Bertz CT molecular complexity index is 1710. The van der Waals surface area contributed by atoms with Gasteiger partial charge in [-0.25, -0.2) is 10.2 Å². The van der Waals surface area contributed by atoms with Crippen LogP contribution < -0.4 is 14.9 Å². The van der Waals surface area contributed by atoms with Crippen molar-refractivity contribution < 1.29 is 28.9 Å². The number of nitrogens with one attached hydrogen (secondary N) is 1. The first-order chi connectivity index (χ1) is 20.1. The minimum Gasteiger partial charge on any atom is -0.493 e. The summed E-state index contributed by atoms with van der Waals surface area (Å²) in [4.78, 5) is 46.2. The van der Waals surface area contributed by atoms with E-state index in [-0.39, 0.29) is 34.1 Å². The number of ether oxygens (including phenoxy) is 2. The number of hydrazone groups is 1. The third-order valence-electron chi connectivity index (χ3n) is 6.20.